The fourth-order valence-electron chi connectivity index (χ4n) is 2.54. The van der Waals surface area contributed by atoms with Gasteiger partial charge in [-0.3, -0.25) is 4.79 Å². The van der Waals surface area contributed by atoms with Crippen LogP contribution in [0.25, 0.3) is 0 Å². The van der Waals surface area contributed by atoms with Crippen LogP contribution in [0.3, 0.4) is 0 Å². The fraction of sp³-hybridized carbons (Fsp3) is 0.500. The van der Waals surface area contributed by atoms with E-state index >= 15 is 0 Å². The molecule has 1 aliphatic rings. The van der Waals surface area contributed by atoms with Crippen LogP contribution in [-0.2, 0) is 11.0 Å². The van der Waals surface area contributed by atoms with E-state index in [1.807, 2.05) is 0 Å². The quantitative estimate of drug-likeness (QED) is 0.890. The molecule has 126 valence electrons. The van der Waals surface area contributed by atoms with Gasteiger partial charge in [0.25, 0.3) is 0 Å². The van der Waals surface area contributed by atoms with Crippen molar-refractivity contribution < 1.29 is 22.8 Å². The highest BCUT2D eigenvalue weighted by atomic mass is 19.4. The number of primary amides is 1. The molecule has 1 aromatic rings. The highest BCUT2D eigenvalue weighted by Crippen LogP contribution is 2.28. The summed E-state index contributed by atoms with van der Waals surface area (Å²) in [6.07, 6.45) is -1.78. The molecule has 3 N–H and O–H groups in total. The number of alkyl halides is 3. The van der Waals surface area contributed by atoms with E-state index in [9.17, 15) is 22.8 Å². The molecule has 0 unspecified atom stereocenters. The average Bonchev–Trinajstić information content (AvgIpc) is 2.46. The minimum Gasteiger partial charge on any atom is -0.370 e. The molecule has 3 amide bonds. The number of piperidine rings is 1. The molecular weight excluding hydrogens is 313 g/mol. The Bertz CT molecular complexity index is 574. The maximum absolute atomic E-state index is 12.4. The van der Waals surface area contributed by atoms with Gasteiger partial charge in [0.2, 0.25) is 5.91 Å². The number of nitrogens with zero attached hydrogens (tertiary/aromatic N) is 2. The predicted molar refractivity (Wildman–Crippen MR) is 76.4 cm³/mol. The molecule has 1 saturated heterocycles. The third-order valence-corrected chi connectivity index (χ3v) is 3.60. The molecule has 0 spiro atoms. The lowest BCUT2D eigenvalue weighted by molar-refractivity contribution is -0.141. The van der Waals surface area contributed by atoms with Crippen molar-refractivity contribution in [3.05, 3.63) is 24.0 Å². The number of nitrogens with one attached hydrogen (secondary N) is 1. The number of aromatic nitrogens is 1. The zero-order valence-electron chi connectivity index (χ0n) is 12.3. The summed E-state index contributed by atoms with van der Waals surface area (Å²) in [5.41, 5.74) is 4.32. The van der Waals surface area contributed by atoms with Crippen molar-refractivity contribution in [2.45, 2.75) is 25.4 Å². The summed E-state index contributed by atoms with van der Waals surface area (Å²) in [7, 11) is 0. The Labute approximate surface area is 130 Å². The molecule has 0 aliphatic carbocycles. The second-order valence-electron chi connectivity index (χ2n) is 5.48. The molecular formula is C14H17F3N4O2. The highest BCUT2D eigenvalue weighted by molar-refractivity contribution is 5.89. The van der Waals surface area contributed by atoms with Crippen LogP contribution in [0.2, 0.25) is 0 Å². The van der Waals surface area contributed by atoms with Gasteiger partial charge in [-0.2, -0.15) is 13.2 Å². The zero-order chi connectivity index (χ0) is 17.0. The first kappa shape index (κ1) is 17.0. The monoisotopic (exact) mass is 330 g/mol. The number of carbonyl (C=O) groups is 2. The Morgan fingerprint density at radius 1 is 1.39 bits per heavy atom. The minimum absolute atomic E-state index is 0.0118. The topological polar surface area (TPSA) is 88.3 Å². The van der Waals surface area contributed by atoms with Gasteiger partial charge in [-0.15, -0.1) is 0 Å². The van der Waals surface area contributed by atoms with Gasteiger partial charge < -0.3 is 16.0 Å². The number of urea groups is 1. The molecule has 0 saturated carbocycles. The number of hydrogen-bond acceptors (Lipinski definition) is 3. The molecule has 1 aromatic heterocycles. The number of likely N-dealkylation sites (tertiary alicyclic amines) is 1. The summed E-state index contributed by atoms with van der Waals surface area (Å²) in [6, 6.07) is 1.53. The molecule has 0 aromatic carbocycles. The SMILES string of the molecule is NC(=O)C[C@@H]1CCCN(C(=O)Nc2ccc(C(F)(F)F)nc2)C1. The standard InChI is InChI=1S/C14H17F3N4O2/c15-14(16,17)11-4-3-10(7-19-11)20-13(23)21-5-1-2-9(8-21)6-12(18)22/h3-4,7,9H,1-2,5-6,8H2,(H2,18,22)(H,20,23)/t9-/m0/s1. The molecule has 9 heteroatoms. The summed E-state index contributed by atoms with van der Waals surface area (Å²) in [5.74, 6) is -0.401. The van der Waals surface area contributed by atoms with Gasteiger partial charge in [-0.25, -0.2) is 9.78 Å². The number of pyridine rings is 1. The van der Waals surface area contributed by atoms with E-state index < -0.39 is 23.8 Å². The summed E-state index contributed by atoms with van der Waals surface area (Å²) in [6.45, 7) is 0.915. The molecule has 2 heterocycles. The van der Waals surface area contributed by atoms with Gasteiger partial charge in [0.05, 0.1) is 11.9 Å². The second-order valence-corrected chi connectivity index (χ2v) is 5.48. The van der Waals surface area contributed by atoms with Crippen LogP contribution >= 0.6 is 0 Å². The molecule has 1 aliphatic heterocycles. The molecule has 1 atom stereocenters. The van der Waals surface area contributed by atoms with Crippen LogP contribution in [0.5, 0.6) is 0 Å². The van der Waals surface area contributed by atoms with Crippen LogP contribution in [0.15, 0.2) is 18.3 Å². The number of nitrogens with two attached hydrogens (primary N) is 1. The van der Waals surface area contributed by atoms with Crippen molar-refractivity contribution in [3.63, 3.8) is 0 Å². The van der Waals surface area contributed by atoms with E-state index in [-0.39, 0.29) is 18.0 Å². The molecule has 0 bridgehead atoms. The van der Waals surface area contributed by atoms with Crippen molar-refractivity contribution in [1.82, 2.24) is 9.88 Å². The van der Waals surface area contributed by atoms with Crippen molar-refractivity contribution in [1.29, 1.82) is 0 Å². The van der Waals surface area contributed by atoms with Gasteiger partial charge in [0, 0.05) is 19.5 Å². The molecule has 23 heavy (non-hydrogen) atoms. The Hall–Kier alpha value is -2.32. The minimum atomic E-state index is -4.52. The largest absolute Gasteiger partial charge is 0.433 e. The summed E-state index contributed by atoms with van der Waals surface area (Å²) < 4.78 is 37.3. The molecule has 0 radical (unpaired) electrons. The Balaban J connectivity index is 1.94. The number of carbonyl (C=O) groups excluding carboxylic acids is 2. The van der Waals surface area contributed by atoms with Crippen LogP contribution in [0, 0.1) is 5.92 Å². The number of hydrogen-bond donors (Lipinski definition) is 2. The van der Waals surface area contributed by atoms with Crippen molar-refractivity contribution >= 4 is 17.6 Å². The summed E-state index contributed by atoms with van der Waals surface area (Å²) in [5, 5.41) is 2.51. The van der Waals surface area contributed by atoms with E-state index in [0.29, 0.717) is 13.1 Å². The van der Waals surface area contributed by atoms with E-state index in [2.05, 4.69) is 10.3 Å². The third kappa shape index (κ3) is 4.83. The van der Waals surface area contributed by atoms with Crippen molar-refractivity contribution in [3.8, 4) is 0 Å². The number of amides is 3. The first-order chi connectivity index (χ1) is 10.8. The maximum atomic E-state index is 12.4. The van der Waals surface area contributed by atoms with Gasteiger partial charge in [-0.1, -0.05) is 0 Å². The fourth-order valence-corrected chi connectivity index (χ4v) is 2.54. The maximum Gasteiger partial charge on any atom is 0.433 e. The van der Waals surface area contributed by atoms with Crippen LogP contribution < -0.4 is 11.1 Å². The third-order valence-electron chi connectivity index (χ3n) is 3.60. The average molecular weight is 330 g/mol. The Kier molecular flexibility index (Phi) is 5.07. The zero-order valence-corrected chi connectivity index (χ0v) is 12.3. The predicted octanol–water partition coefficient (Wildman–Crippen LogP) is 2.22. The van der Waals surface area contributed by atoms with E-state index in [1.165, 1.54) is 4.90 Å². The molecule has 6 nitrogen and oxygen atoms in total. The normalized spacial score (nSPS) is 18.6. The highest BCUT2D eigenvalue weighted by Gasteiger charge is 2.32. The van der Waals surface area contributed by atoms with Gasteiger partial charge in [0.15, 0.2) is 0 Å². The number of halogens is 3. The van der Waals surface area contributed by atoms with Crippen LogP contribution in [0.1, 0.15) is 25.0 Å². The van der Waals surface area contributed by atoms with Crippen molar-refractivity contribution in [2.75, 3.05) is 18.4 Å². The van der Waals surface area contributed by atoms with Crippen LogP contribution in [0.4, 0.5) is 23.7 Å². The lowest BCUT2D eigenvalue weighted by Gasteiger charge is -2.32. The Morgan fingerprint density at radius 3 is 2.70 bits per heavy atom. The van der Waals surface area contributed by atoms with Gasteiger partial charge in [0.1, 0.15) is 5.69 Å². The second kappa shape index (κ2) is 6.84. The van der Waals surface area contributed by atoms with Gasteiger partial charge in [-0.05, 0) is 30.9 Å². The smallest absolute Gasteiger partial charge is 0.370 e. The number of rotatable bonds is 3. The lowest BCUT2D eigenvalue weighted by atomic mass is 9.95. The summed E-state index contributed by atoms with van der Waals surface area (Å²) >= 11 is 0. The van der Waals surface area contributed by atoms with Gasteiger partial charge >= 0.3 is 12.2 Å². The molecule has 1 fully saturated rings. The van der Waals surface area contributed by atoms with Crippen molar-refractivity contribution in [2.24, 2.45) is 11.7 Å². The van der Waals surface area contributed by atoms with E-state index in [4.69, 9.17) is 5.73 Å². The number of anilines is 1. The van der Waals surface area contributed by atoms with Crippen LogP contribution in [-0.4, -0.2) is 34.9 Å². The molecule has 2 rings (SSSR count). The van der Waals surface area contributed by atoms with E-state index in [0.717, 1.165) is 31.2 Å². The summed E-state index contributed by atoms with van der Waals surface area (Å²) in [4.78, 5) is 27.9. The first-order valence-electron chi connectivity index (χ1n) is 7.13. The Morgan fingerprint density at radius 2 is 2.13 bits per heavy atom. The van der Waals surface area contributed by atoms with E-state index in [1.54, 1.807) is 0 Å². The first-order valence-corrected chi connectivity index (χ1v) is 7.13. The lowest BCUT2D eigenvalue weighted by Crippen LogP contribution is -2.43.